The molecule has 0 fully saturated rings. The van der Waals surface area contributed by atoms with E-state index >= 15 is 0 Å². The van der Waals surface area contributed by atoms with Gasteiger partial charge in [-0.1, -0.05) is 0 Å². The van der Waals surface area contributed by atoms with Gasteiger partial charge in [-0.2, -0.15) is 0 Å². The zero-order chi connectivity index (χ0) is 12.8. The van der Waals surface area contributed by atoms with Crippen LogP contribution >= 0.6 is 0 Å². The number of nitrogens with zero attached hydrogens (tertiary/aromatic N) is 1. The normalized spacial score (nSPS) is 13.4. The summed E-state index contributed by atoms with van der Waals surface area (Å²) in [5.74, 6) is 0. The van der Waals surface area contributed by atoms with Gasteiger partial charge in [0.25, 0.3) is 0 Å². The summed E-state index contributed by atoms with van der Waals surface area (Å²) in [4.78, 5) is 12.9. The number of hydrogen-bond acceptors (Lipinski definition) is 5. The Hall–Kier alpha value is -0.850. The molecule has 1 unspecified atom stereocenters. The lowest BCUT2D eigenvalue weighted by atomic mass is 10.2. The molecule has 6 nitrogen and oxygen atoms in total. The Bertz CT molecular complexity index is 216. The van der Waals surface area contributed by atoms with Gasteiger partial charge in [0.1, 0.15) is 5.60 Å². The van der Waals surface area contributed by atoms with Crippen molar-refractivity contribution in [1.29, 1.82) is 0 Å². The third-order valence-corrected chi connectivity index (χ3v) is 1.70. The van der Waals surface area contributed by atoms with E-state index in [9.17, 15) is 9.90 Å². The predicted octanol–water partition coefficient (Wildman–Crippen LogP) is -0.0618. The second kappa shape index (κ2) is 6.67. The summed E-state index contributed by atoms with van der Waals surface area (Å²) in [5.41, 5.74) is 4.94. The van der Waals surface area contributed by atoms with Crippen LogP contribution in [0.5, 0.6) is 0 Å². The van der Waals surface area contributed by atoms with Crippen molar-refractivity contribution in [1.82, 2.24) is 15.8 Å². The van der Waals surface area contributed by atoms with Crippen LogP contribution in [-0.4, -0.2) is 55.0 Å². The summed E-state index contributed by atoms with van der Waals surface area (Å²) in [7, 11) is 3.31. The molecule has 96 valence electrons. The molecule has 1 atom stereocenters. The van der Waals surface area contributed by atoms with Crippen LogP contribution in [0.3, 0.4) is 0 Å². The fourth-order valence-corrected chi connectivity index (χ4v) is 1.01. The van der Waals surface area contributed by atoms with Gasteiger partial charge in [0, 0.05) is 13.6 Å². The molecular formula is C10H23N3O3. The van der Waals surface area contributed by atoms with Gasteiger partial charge >= 0.3 is 6.09 Å². The van der Waals surface area contributed by atoms with E-state index in [0.717, 1.165) is 0 Å². The number of likely N-dealkylation sites (N-methyl/N-ethyl adjacent to an activating group) is 1. The molecular weight excluding hydrogens is 210 g/mol. The number of carbonyl (C=O) groups is 1. The van der Waals surface area contributed by atoms with Crippen LogP contribution in [0.1, 0.15) is 20.8 Å². The van der Waals surface area contributed by atoms with Crippen LogP contribution < -0.4 is 10.9 Å². The first-order chi connectivity index (χ1) is 7.26. The van der Waals surface area contributed by atoms with Crippen LogP contribution in [-0.2, 0) is 4.74 Å². The average molecular weight is 233 g/mol. The Morgan fingerprint density at radius 1 is 1.50 bits per heavy atom. The van der Waals surface area contributed by atoms with Crippen LogP contribution in [0.15, 0.2) is 0 Å². The van der Waals surface area contributed by atoms with E-state index in [1.165, 1.54) is 4.90 Å². The van der Waals surface area contributed by atoms with Crippen LogP contribution in [0.2, 0.25) is 0 Å². The largest absolute Gasteiger partial charge is 0.444 e. The van der Waals surface area contributed by atoms with Gasteiger partial charge in [-0.25, -0.2) is 4.79 Å². The van der Waals surface area contributed by atoms with E-state index in [2.05, 4.69) is 10.9 Å². The number of ether oxygens (including phenoxy) is 1. The smallest absolute Gasteiger partial charge is 0.410 e. The molecule has 1 amide bonds. The molecule has 16 heavy (non-hydrogen) atoms. The minimum atomic E-state index is -0.634. The van der Waals surface area contributed by atoms with E-state index in [1.807, 2.05) is 0 Å². The summed E-state index contributed by atoms with van der Waals surface area (Å²) < 4.78 is 5.14. The van der Waals surface area contributed by atoms with Crippen molar-refractivity contribution >= 4 is 6.09 Å². The number of aliphatic hydroxyl groups excluding tert-OH is 1. The molecule has 3 N–H and O–H groups in total. The van der Waals surface area contributed by atoms with Crippen molar-refractivity contribution < 1.29 is 14.6 Å². The number of amides is 1. The van der Waals surface area contributed by atoms with Crippen LogP contribution in [0, 0.1) is 0 Å². The van der Waals surface area contributed by atoms with Crippen molar-refractivity contribution in [3.8, 4) is 0 Å². The van der Waals surface area contributed by atoms with Gasteiger partial charge in [-0.15, -0.1) is 0 Å². The summed E-state index contributed by atoms with van der Waals surface area (Å²) in [6.07, 6.45) is -1.07. The SMILES string of the molecule is CNNCC(O)CN(C)C(=O)OC(C)(C)C. The second-order valence-electron chi connectivity index (χ2n) is 4.65. The van der Waals surface area contributed by atoms with Crippen molar-refractivity contribution in [3.63, 3.8) is 0 Å². The van der Waals surface area contributed by atoms with Gasteiger partial charge in [-0.05, 0) is 27.8 Å². The van der Waals surface area contributed by atoms with E-state index < -0.39 is 17.8 Å². The highest BCUT2D eigenvalue weighted by atomic mass is 16.6. The fraction of sp³-hybridized carbons (Fsp3) is 0.900. The van der Waals surface area contributed by atoms with Crippen molar-refractivity contribution in [2.45, 2.75) is 32.5 Å². The molecule has 0 aromatic carbocycles. The fourth-order valence-electron chi connectivity index (χ4n) is 1.01. The predicted molar refractivity (Wildman–Crippen MR) is 61.9 cm³/mol. The highest BCUT2D eigenvalue weighted by Crippen LogP contribution is 2.09. The molecule has 0 saturated heterocycles. The van der Waals surface area contributed by atoms with Gasteiger partial charge < -0.3 is 14.7 Å². The van der Waals surface area contributed by atoms with E-state index in [1.54, 1.807) is 34.9 Å². The molecule has 6 heteroatoms. The lowest BCUT2D eigenvalue weighted by Crippen LogP contribution is -2.43. The number of aliphatic hydroxyl groups is 1. The van der Waals surface area contributed by atoms with Gasteiger partial charge in [-0.3, -0.25) is 10.9 Å². The average Bonchev–Trinajstić information content (AvgIpc) is 2.11. The molecule has 0 bridgehead atoms. The zero-order valence-electron chi connectivity index (χ0n) is 10.7. The maximum atomic E-state index is 11.5. The molecule has 0 radical (unpaired) electrons. The summed E-state index contributed by atoms with van der Waals surface area (Å²) >= 11 is 0. The highest BCUT2D eigenvalue weighted by Gasteiger charge is 2.20. The molecule has 0 rings (SSSR count). The van der Waals surface area contributed by atoms with Gasteiger partial charge in [0.2, 0.25) is 0 Å². The first-order valence-corrected chi connectivity index (χ1v) is 5.28. The number of rotatable bonds is 5. The first kappa shape index (κ1) is 15.2. The van der Waals surface area contributed by atoms with Crippen LogP contribution in [0.25, 0.3) is 0 Å². The summed E-state index contributed by atoms with van der Waals surface area (Å²) in [6, 6.07) is 0. The molecule has 0 aromatic rings. The third-order valence-electron chi connectivity index (χ3n) is 1.70. The number of nitrogens with one attached hydrogen (secondary N) is 2. The lowest BCUT2D eigenvalue weighted by Gasteiger charge is -2.26. The Balaban J connectivity index is 3.95. The first-order valence-electron chi connectivity index (χ1n) is 5.28. The quantitative estimate of drug-likeness (QED) is 0.580. The summed E-state index contributed by atoms with van der Waals surface area (Å²) in [6.45, 7) is 6.00. The minimum absolute atomic E-state index is 0.226. The molecule has 0 spiro atoms. The van der Waals surface area contributed by atoms with Crippen molar-refractivity contribution in [3.05, 3.63) is 0 Å². The van der Waals surface area contributed by atoms with E-state index in [4.69, 9.17) is 4.74 Å². The number of carbonyl (C=O) groups excluding carboxylic acids is 1. The molecule has 0 aliphatic heterocycles. The molecule has 0 aromatic heterocycles. The number of hydrazine groups is 1. The van der Waals surface area contributed by atoms with E-state index in [0.29, 0.717) is 6.54 Å². The Kier molecular flexibility index (Phi) is 6.32. The van der Waals surface area contributed by atoms with E-state index in [-0.39, 0.29) is 6.54 Å². The Morgan fingerprint density at radius 2 is 2.06 bits per heavy atom. The molecule has 0 heterocycles. The summed E-state index contributed by atoms with van der Waals surface area (Å²) in [5, 5.41) is 9.55. The van der Waals surface area contributed by atoms with Gasteiger partial charge in [0.15, 0.2) is 0 Å². The number of hydrogen-bond donors (Lipinski definition) is 3. The zero-order valence-corrected chi connectivity index (χ0v) is 10.7. The van der Waals surface area contributed by atoms with Gasteiger partial charge in [0.05, 0.1) is 12.6 Å². The molecule has 0 aliphatic rings. The van der Waals surface area contributed by atoms with Crippen LogP contribution in [0.4, 0.5) is 4.79 Å². The Morgan fingerprint density at radius 3 is 2.50 bits per heavy atom. The van der Waals surface area contributed by atoms with Crippen molar-refractivity contribution in [2.24, 2.45) is 0 Å². The van der Waals surface area contributed by atoms with Crippen molar-refractivity contribution in [2.75, 3.05) is 27.2 Å². The third kappa shape index (κ3) is 7.44. The second-order valence-corrected chi connectivity index (χ2v) is 4.65. The monoisotopic (exact) mass is 233 g/mol. The standard InChI is InChI=1S/C10H23N3O3/c1-10(2,3)16-9(15)13(5)7-8(14)6-12-11-4/h8,11-12,14H,6-7H2,1-5H3. The maximum absolute atomic E-state index is 11.5. The highest BCUT2D eigenvalue weighted by molar-refractivity contribution is 5.67. The maximum Gasteiger partial charge on any atom is 0.410 e. The minimum Gasteiger partial charge on any atom is -0.444 e. The topological polar surface area (TPSA) is 73.8 Å². The molecule has 0 aliphatic carbocycles. The lowest BCUT2D eigenvalue weighted by molar-refractivity contribution is 0.0205. The molecule has 0 saturated carbocycles. The Labute approximate surface area is 96.9 Å².